The molecule has 2 heterocycles. The summed E-state index contributed by atoms with van der Waals surface area (Å²) < 4.78 is 12.5. The van der Waals surface area contributed by atoms with E-state index in [0.717, 1.165) is 28.0 Å². The molecule has 0 spiro atoms. The number of allylic oxidation sites excluding steroid dienone is 2. The molecule has 0 bridgehead atoms. The van der Waals surface area contributed by atoms with Gasteiger partial charge in [0.15, 0.2) is 17.3 Å². The van der Waals surface area contributed by atoms with Crippen LogP contribution in [-0.4, -0.2) is 34.8 Å². The van der Waals surface area contributed by atoms with Crippen LogP contribution >= 0.6 is 0 Å². The van der Waals surface area contributed by atoms with Crippen molar-refractivity contribution in [2.75, 3.05) is 25.3 Å². The van der Waals surface area contributed by atoms with E-state index in [1.165, 1.54) is 0 Å². The van der Waals surface area contributed by atoms with Crippen LogP contribution < -0.4 is 20.5 Å². The highest BCUT2D eigenvalue weighted by Gasteiger charge is 2.39. The van der Waals surface area contributed by atoms with Crippen molar-refractivity contribution in [1.82, 2.24) is 14.8 Å². The number of ether oxygens (including phenoxy) is 2. The number of nitrogens with zero attached hydrogens (tertiary/aromatic N) is 3. The number of aromatic nitrogens is 3. The van der Waals surface area contributed by atoms with Gasteiger partial charge in [0, 0.05) is 17.7 Å². The predicted molar refractivity (Wildman–Crippen MR) is 121 cm³/mol. The molecular weight excluding hydrogens is 406 g/mol. The van der Waals surface area contributed by atoms with E-state index in [-0.39, 0.29) is 23.7 Å². The smallest absolute Gasteiger partial charge is 0.241 e. The number of ketones is 1. The van der Waals surface area contributed by atoms with Crippen LogP contribution in [0, 0.1) is 6.92 Å². The van der Waals surface area contributed by atoms with Gasteiger partial charge in [-0.15, -0.1) is 5.10 Å². The van der Waals surface area contributed by atoms with Gasteiger partial charge in [-0.05, 0) is 42.5 Å². The lowest BCUT2D eigenvalue weighted by Crippen LogP contribution is -2.33. The van der Waals surface area contributed by atoms with E-state index in [0.29, 0.717) is 30.3 Å². The lowest BCUT2D eigenvalue weighted by atomic mass is 9.78. The minimum Gasteiger partial charge on any atom is -0.493 e. The van der Waals surface area contributed by atoms with Gasteiger partial charge in [-0.2, -0.15) is 4.98 Å². The predicted octanol–water partition coefficient (Wildman–Crippen LogP) is 3.60. The van der Waals surface area contributed by atoms with Gasteiger partial charge in [-0.3, -0.25) is 4.79 Å². The van der Waals surface area contributed by atoms with Crippen molar-refractivity contribution in [3.63, 3.8) is 0 Å². The first-order chi connectivity index (χ1) is 15.5. The van der Waals surface area contributed by atoms with Crippen LogP contribution in [0.3, 0.4) is 0 Å². The monoisotopic (exact) mass is 431 g/mol. The molecule has 164 valence electrons. The maximum atomic E-state index is 13.5. The zero-order chi connectivity index (χ0) is 22.4. The van der Waals surface area contributed by atoms with Gasteiger partial charge in [0.25, 0.3) is 0 Å². The maximum absolute atomic E-state index is 13.5. The molecule has 8 nitrogen and oxygen atoms in total. The molecule has 0 saturated heterocycles. The third-order valence-electron chi connectivity index (χ3n) is 6.21. The highest BCUT2D eigenvalue weighted by Crippen LogP contribution is 2.45. The SMILES string of the molecule is COc1ccc([C@H]2CC(=O)C3=C(C2)Nc2nc(N)nn2[C@@H]3c2ccc(C)cc2)cc1OC. The zero-order valence-corrected chi connectivity index (χ0v) is 18.3. The van der Waals surface area contributed by atoms with E-state index in [1.807, 2.05) is 49.4 Å². The van der Waals surface area contributed by atoms with E-state index in [9.17, 15) is 4.79 Å². The summed E-state index contributed by atoms with van der Waals surface area (Å²) in [5, 5.41) is 7.70. The van der Waals surface area contributed by atoms with E-state index < -0.39 is 0 Å². The summed E-state index contributed by atoms with van der Waals surface area (Å²) in [5.74, 6) is 2.14. The average molecular weight is 431 g/mol. The summed E-state index contributed by atoms with van der Waals surface area (Å²) in [7, 11) is 3.22. The second kappa shape index (κ2) is 7.71. The van der Waals surface area contributed by atoms with Crippen molar-refractivity contribution in [2.45, 2.75) is 31.7 Å². The summed E-state index contributed by atoms with van der Waals surface area (Å²) in [5.41, 5.74) is 10.7. The Kier molecular flexibility index (Phi) is 4.84. The van der Waals surface area contributed by atoms with Crippen molar-refractivity contribution >= 4 is 17.7 Å². The molecule has 8 heteroatoms. The number of hydrogen-bond donors (Lipinski definition) is 2. The van der Waals surface area contributed by atoms with Gasteiger partial charge in [-0.1, -0.05) is 35.9 Å². The third-order valence-corrected chi connectivity index (χ3v) is 6.21. The third kappa shape index (κ3) is 3.28. The van der Waals surface area contributed by atoms with Crippen LogP contribution in [0.15, 0.2) is 53.7 Å². The fourth-order valence-electron chi connectivity index (χ4n) is 4.63. The minimum absolute atomic E-state index is 0.0130. The molecule has 5 rings (SSSR count). The molecule has 2 atom stereocenters. The van der Waals surface area contributed by atoms with Gasteiger partial charge in [0.2, 0.25) is 11.9 Å². The van der Waals surface area contributed by atoms with Gasteiger partial charge in [0.05, 0.1) is 14.2 Å². The number of nitrogens with two attached hydrogens (primary N) is 1. The normalized spacial score (nSPS) is 19.8. The van der Waals surface area contributed by atoms with Gasteiger partial charge in [0.1, 0.15) is 6.04 Å². The Morgan fingerprint density at radius 1 is 1.03 bits per heavy atom. The van der Waals surface area contributed by atoms with Crippen molar-refractivity contribution in [1.29, 1.82) is 0 Å². The Morgan fingerprint density at radius 3 is 2.47 bits per heavy atom. The van der Waals surface area contributed by atoms with Crippen LogP contribution in [0.4, 0.5) is 11.9 Å². The first kappa shape index (κ1) is 20.1. The Bertz CT molecular complexity index is 1230. The molecule has 1 aliphatic carbocycles. The van der Waals surface area contributed by atoms with Crippen molar-refractivity contribution < 1.29 is 14.3 Å². The fourth-order valence-corrected chi connectivity index (χ4v) is 4.63. The molecule has 0 saturated carbocycles. The molecule has 3 aromatic rings. The van der Waals surface area contributed by atoms with Crippen molar-refractivity contribution in [3.8, 4) is 11.5 Å². The lowest BCUT2D eigenvalue weighted by Gasteiger charge is -2.35. The molecule has 0 radical (unpaired) electrons. The summed E-state index contributed by atoms with van der Waals surface area (Å²) in [4.78, 5) is 17.9. The summed E-state index contributed by atoms with van der Waals surface area (Å²) in [6, 6.07) is 13.6. The maximum Gasteiger partial charge on any atom is 0.241 e. The van der Waals surface area contributed by atoms with Gasteiger partial charge < -0.3 is 20.5 Å². The van der Waals surface area contributed by atoms with Gasteiger partial charge >= 0.3 is 0 Å². The van der Waals surface area contributed by atoms with Crippen LogP contribution in [0.5, 0.6) is 11.5 Å². The average Bonchev–Trinajstić information content (AvgIpc) is 3.17. The van der Waals surface area contributed by atoms with Crippen LogP contribution in [-0.2, 0) is 4.79 Å². The number of benzene rings is 2. The molecule has 1 aliphatic heterocycles. The van der Waals surface area contributed by atoms with E-state index >= 15 is 0 Å². The number of carbonyl (C=O) groups excluding carboxylic acids is 1. The lowest BCUT2D eigenvalue weighted by molar-refractivity contribution is -0.116. The molecule has 0 fully saturated rings. The topological polar surface area (TPSA) is 104 Å². The highest BCUT2D eigenvalue weighted by molar-refractivity contribution is 6.00. The number of nitrogen functional groups attached to an aromatic ring is 1. The number of carbonyl (C=O) groups is 1. The molecule has 2 aromatic carbocycles. The second-order valence-electron chi connectivity index (χ2n) is 8.21. The summed E-state index contributed by atoms with van der Waals surface area (Å²) in [6.45, 7) is 2.04. The first-order valence-electron chi connectivity index (χ1n) is 10.5. The number of fused-ring (bicyclic) bond motifs is 1. The number of nitrogens with one attached hydrogen (secondary N) is 1. The number of hydrogen-bond acceptors (Lipinski definition) is 7. The number of anilines is 2. The van der Waals surface area contributed by atoms with E-state index in [4.69, 9.17) is 15.2 Å². The Balaban J connectivity index is 1.57. The molecule has 0 amide bonds. The number of aryl methyl sites for hydroxylation is 1. The highest BCUT2D eigenvalue weighted by atomic mass is 16.5. The van der Waals surface area contributed by atoms with Crippen LogP contribution in [0.1, 0.15) is 41.5 Å². The molecule has 2 aliphatic rings. The quantitative estimate of drug-likeness (QED) is 0.650. The molecule has 3 N–H and O–H groups in total. The molecular formula is C24H25N5O3. The van der Waals surface area contributed by atoms with E-state index in [1.54, 1.807) is 18.9 Å². The standard InChI is InChI=1S/C24H25N5O3/c1-13-4-6-14(7-5-13)22-21-17(26-24-27-23(25)28-29(22)24)10-16(11-18(21)30)15-8-9-19(31-2)20(12-15)32-3/h4-9,12,16,22H,10-11H2,1-3H3,(H3,25,26,27,28)/t16-,22-/m1/s1. The Hall–Kier alpha value is -3.81. The zero-order valence-electron chi connectivity index (χ0n) is 18.3. The second-order valence-corrected chi connectivity index (χ2v) is 8.21. The molecule has 1 aromatic heterocycles. The van der Waals surface area contributed by atoms with Gasteiger partial charge in [-0.25, -0.2) is 4.68 Å². The first-order valence-corrected chi connectivity index (χ1v) is 10.5. The number of rotatable bonds is 4. The van der Waals surface area contributed by atoms with Crippen LogP contribution in [0.25, 0.3) is 0 Å². The molecule has 32 heavy (non-hydrogen) atoms. The Labute approximate surface area is 186 Å². The minimum atomic E-state index is -0.356. The van der Waals surface area contributed by atoms with E-state index in [2.05, 4.69) is 15.4 Å². The van der Waals surface area contributed by atoms with Crippen LogP contribution in [0.2, 0.25) is 0 Å². The van der Waals surface area contributed by atoms with Crippen molar-refractivity contribution in [2.24, 2.45) is 0 Å². The van der Waals surface area contributed by atoms with Crippen molar-refractivity contribution in [3.05, 3.63) is 70.4 Å². The summed E-state index contributed by atoms with van der Waals surface area (Å²) >= 11 is 0. The largest absolute Gasteiger partial charge is 0.493 e. The Morgan fingerprint density at radius 2 is 1.75 bits per heavy atom. The fraction of sp³-hybridized carbons (Fsp3) is 0.292. The summed E-state index contributed by atoms with van der Waals surface area (Å²) in [6.07, 6.45) is 1.07. The molecule has 0 unspecified atom stereocenters. The number of Topliss-reactive ketones (excluding diaryl/α,β-unsaturated/α-hetero) is 1. The number of methoxy groups -OCH3 is 2.